The Balaban J connectivity index is 2.39. The van der Waals surface area contributed by atoms with Crippen LogP contribution in [0.3, 0.4) is 0 Å². The molecule has 1 aliphatic heterocycles. The highest BCUT2D eigenvalue weighted by Crippen LogP contribution is 2.13. The van der Waals surface area contributed by atoms with Gasteiger partial charge in [0.05, 0.1) is 13.2 Å². The van der Waals surface area contributed by atoms with Crippen molar-refractivity contribution in [3.05, 3.63) is 11.6 Å². The van der Waals surface area contributed by atoms with Crippen molar-refractivity contribution in [1.82, 2.24) is 0 Å². The predicted molar refractivity (Wildman–Crippen MR) is 39.7 cm³/mol. The number of hydrogen-bond acceptors (Lipinski definition) is 2. The van der Waals surface area contributed by atoms with Gasteiger partial charge in [-0.15, -0.1) is 0 Å². The lowest BCUT2D eigenvalue weighted by atomic mass is 10.2. The zero-order valence-electron chi connectivity index (χ0n) is 6.59. The summed E-state index contributed by atoms with van der Waals surface area (Å²) < 4.78 is 10.6. The van der Waals surface area contributed by atoms with Crippen LogP contribution in [0.4, 0.5) is 0 Å². The van der Waals surface area contributed by atoms with Gasteiger partial charge in [0.25, 0.3) is 0 Å². The van der Waals surface area contributed by atoms with E-state index >= 15 is 0 Å². The molecule has 0 radical (unpaired) electrons. The second kappa shape index (κ2) is 3.74. The third kappa shape index (κ3) is 1.82. The highest BCUT2D eigenvalue weighted by atomic mass is 16.7. The lowest BCUT2D eigenvalue weighted by Crippen LogP contribution is -2.08. The van der Waals surface area contributed by atoms with Crippen molar-refractivity contribution in [2.75, 3.05) is 13.2 Å². The predicted octanol–water partition coefficient (Wildman–Crippen LogP) is 1.72. The molecular weight excluding hydrogens is 128 g/mol. The van der Waals surface area contributed by atoms with Gasteiger partial charge in [-0.3, -0.25) is 0 Å². The molecule has 0 saturated carbocycles. The van der Waals surface area contributed by atoms with E-state index in [1.54, 1.807) is 0 Å². The largest absolute Gasteiger partial charge is 0.346 e. The summed E-state index contributed by atoms with van der Waals surface area (Å²) in [6.07, 6.45) is 3.13. The average Bonchev–Trinajstić information content (AvgIpc) is 2.38. The van der Waals surface area contributed by atoms with Crippen molar-refractivity contribution in [2.24, 2.45) is 0 Å². The van der Waals surface area contributed by atoms with Gasteiger partial charge in [-0.25, -0.2) is 0 Å². The molecule has 2 nitrogen and oxygen atoms in total. The molecular formula is C8H14O2. The van der Waals surface area contributed by atoms with Crippen LogP contribution in [0.25, 0.3) is 0 Å². The van der Waals surface area contributed by atoms with Crippen LogP contribution < -0.4 is 0 Å². The molecule has 1 heterocycles. The Kier molecular flexibility index (Phi) is 2.90. The van der Waals surface area contributed by atoms with Crippen molar-refractivity contribution < 1.29 is 9.47 Å². The molecule has 0 atom stereocenters. The summed E-state index contributed by atoms with van der Waals surface area (Å²) in [6, 6.07) is 0. The third-order valence-electron chi connectivity index (χ3n) is 1.52. The van der Waals surface area contributed by atoms with E-state index in [-0.39, 0.29) is 6.29 Å². The van der Waals surface area contributed by atoms with Gasteiger partial charge < -0.3 is 9.47 Å². The fourth-order valence-electron chi connectivity index (χ4n) is 1.04. The van der Waals surface area contributed by atoms with Crippen molar-refractivity contribution in [1.29, 1.82) is 0 Å². The molecule has 1 saturated heterocycles. The summed E-state index contributed by atoms with van der Waals surface area (Å²) in [5, 5.41) is 0. The van der Waals surface area contributed by atoms with Crippen molar-refractivity contribution in [3.8, 4) is 0 Å². The molecule has 1 aliphatic rings. The normalized spacial score (nSPS) is 22.0. The molecule has 2 heteroatoms. The van der Waals surface area contributed by atoms with Crippen LogP contribution in [0.1, 0.15) is 20.3 Å². The molecule has 0 spiro atoms. The molecule has 0 amide bonds. The Hall–Kier alpha value is -0.340. The Bertz CT molecular complexity index is 123. The second-order valence-corrected chi connectivity index (χ2v) is 2.43. The van der Waals surface area contributed by atoms with Gasteiger partial charge in [-0.1, -0.05) is 13.0 Å². The molecule has 0 aromatic heterocycles. The molecule has 0 bridgehead atoms. The summed E-state index contributed by atoms with van der Waals surface area (Å²) in [7, 11) is 0. The molecule has 0 N–H and O–H groups in total. The van der Waals surface area contributed by atoms with Gasteiger partial charge in [-0.05, 0) is 18.9 Å². The van der Waals surface area contributed by atoms with E-state index in [2.05, 4.69) is 13.0 Å². The monoisotopic (exact) mass is 142 g/mol. The van der Waals surface area contributed by atoms with Gasteiger partial charge in [0.15, 0.2) is 6.29 Å². The Labute approximate surface area is 61.8 Å². The summed E-state index contributed by atoms with van der Waals surface area (Å²) in [5.74, 6) is 0. The Morgan fingerprint density at radius 1 is 1.50 bits per heavy atom. The molecule has 0 unspecified atom stereocenters. The molecule has 0 aromatic carbocycles. The smallest absolute Gasteiger partial charge is 0.179 e. The van der Waals surface area contributed by atoms with Gasteiger partial charge >= 0.3 is 0 Å². The lowest BCUT2D eigenvalue weighted by molar-refractivity contribution is -0.0112. The zero-order chi connectivity index (χ0) is 7.40. The van der Waals surface area contributed by atoms with Gasteiger partial charge in [0.2, 0.25) is 0 Å². The van der Waals surface area contributed by atoms with E-state index in [4.69, 9.17) is 9.47 Å². The summed E-state index contributed by atoms with van der Waals surface area (Å²) in [6.45, 7) is 5.62. The Morgan fingerprint density at radius 2 is 2.10 bits per heavy atom. The zero-order valence-corrected chi connectivity index (χ0v) is 6.59. The molecule has 1 fully saturated rings. The second-order valence-electron chi connectivity index (χ2n) is 2.43. The van der Waals surface area contributed by atoms with Crippen LogP contribution >= 0.6 is 0 Å². The highest BCUT2D eigenvalue weighted by Gasteiger charge is 2.16. The van der Waals surface area contributed by atoms with Crippen LogP contribution in [0.5, 0.6) is 0 Å². The summed E-state index contributed by atoms with van der Waals surface area (Å²) >= 11 is 0. The molecule has 1 rings (SSSR count). The van der Waals surface area contributed by atoms with Crippen LogP contribution in [-0.2, 0) is 9.47 Å². The minimum atomic E-state index is -0.0556. The van der Waals surface area contributed by atoms with Gasteiger partial charge in [0, 0.05) is 0 Å². The first-order chi connectivity index (χ1) is 4.84. The topological polar surface area (TPSA) is 18.5 Å². The first-order valence-corrected chi connectivity index (χ1v) is 3.74. The maximum atomic E-state index is 5.28. The third-order valence-corrected chi connectivity index (χ3v) is 1.52. The van der Waals surface area contributed by atoms with Crippen molar-refractivity contribution >= 4 is 0 Å². The van der Waals surface area contributed by atoms with E-state index in [1.165, 1.54) is 5.57 Å². The number of hydrogen-bond donors (Lipinski definition) is 0. The van der Waals surface area contributed by atoms with Crippen molar-refractivity contribution in [2.45, 2.75) is 26.6 Å². The molecule has 58 valence electrons. The van der Waals surface area contributed by atoms with E-state index in [9.17, 15) is 0 Å². The quantitative estimate of drug-likeness (QED) is 0.546. The molecule has 0 aromatic rings. The van der Waals surface area contributed by atoms with E-state index in [1.807, 2.05) is 6.92 Å². The number of allylic oxidation sites excluding steroid dienone is 1. The maximum absolute atomic E-state index is 5.28. The minimum Gasteiger partial charge on any atom is -0.346 e. The van der Waals surface area contributed by atoms with Crippen LogP contribution in [0.15, 0.2) is 11.6 Å². The molecule has 10 heavy (non-hydrogen) atoms. The fraction of sp³-hybridized carbons (Fsp3) is 0.750. The number of rotatable bonds is 2. The van der Waals surface area contributed by atoms with Crippen LogP contribution in [0, 0.1) is 0 Å². The highest BCUT2D eigenvalue weighted by molar-refractivity contribution is 5.01. The first kappa shape index (κ1) is 7.76. The summed E-state index contributed by atoms with van der Waals surface area (Å²) in [5.41, 5.74) is 1.19. The number of ether oxygens (including phenoxy) is 2. The van der Waals surface area contributed by atoms with E-state index in [0.717, 1.165) is 19.6 Å². The van der Waals surface area contributed by atoms with Crippen LogP contribution in [0.2, 0.25) is 0 Å². The van der Waals surface area contributed by atoms with E-state index < -0.39 is 0 Å². The standard InChI is InChI=1S/C8H14O2/c1-3-4-7(2)8-9-5-6-10-8/h4,8H,3,5-6H2,1-2H3/b7-4+. The first-order valence-electron chi connectivity index (χ1n) is 3.74. The van der Waals surface area contributed by atoms with Gasteiger partial charge in [0.1, 0.15) is 0 Å². The van der Waals surface area contributed by atoms with Crippen molar-refractivity contribution in [3.63, 3.8) is 0 Å². The average molecular weight is 142 g/mol. The Morgan fingerprint density at radius 3 is 2.60 bits per heavy atom. The lowest BCUT2D eigenvalue weighted by Gasteiger charge is -2.07. The summed E-state index contributed by atoms with van der Waals surface area (Å²) in [4.78, 5) is 0. The van der Waals surface area contributed by atoms with Crippen LogP contribution in [-0.4, -0.2) is 19.5 Å². The fourth-order valence-corrected chi connectivity index (χ4v) is 1.04. The van der Waals surface area contributed by atoms with Gasteiger partial charge in [-0.2, -0.15) is 0 Å². The molecule has 0 aliphatic carbocycles. The maximum Gasteiger partial charge on any atom is 0.179 e. The SMILES string of the molecule is CC/C=C(\C)C1OCCO1. The minimum absolute atomic E-state index is 0.0556. The van der Waals surface area contributed by atoms with E-state index in [0.29, 0.717) is 0 Å².